The van der Waals surface area contributed by atoms with Crippen LogP contribution >= 0.6 is 11.6 Å². The number of piperazine rings is 1. The normalized spacial score (nSPS) is 22.5. The Labute approximate surface area is 161 Å². The van der Waals surface area contributed by atoms with E-state index in [4.69, 9.17) is 16.0 Å². The minimum atomic E-state index is -0.281. The summed E-state index contributed by atoms with van der Waals surface area (Å²) in [4.78, 5) is 25.5. The lowest BCUT2D eigenvalue weighted by Crippen LogP contribution is -3.16. The molecule has 3 heterocycles. The fraction of sp³-hybridized carbons (Fsp3) is 0.316. The number of carbonyl (C=O) groups is 2. The summed E-state index contributed by atoms with van der Waals surface area (Å²) < 4.78 is 5.55. The van der Waals surface area contributed by atoms with Gasteiger partial charge >= 0.3 is 0 Å². The zero-order chi connectivity index (χ0) is 18.8. The second-order valence-corrected chi connectivity index (χ2v) is 7.17. The summed E-state index contributed by atoms with van der Waals surface area (Å²) in [6.45, 7) is 1.84. The Hall–Kier alpha value is -2.64. The van der Waals surface area contributed by atoms with Gasteiger partial charge in [0.1, 0.15) is 11.8 Å². The van der Waals surface area contributed by atoms with Crippen molar-refractivity contribution < 1.29 is 18.9 Å². The zero-order valence-corrected chi connectivity index (χ0v) is 15.4. The molecule has 2 amide bonds. The molecule has 2 atom stereocenters. The van der Waals surface area contributed by atoms with Crippen LogP contribution in [-0.4, -0.2) is 48.7 Å². The standard InChI is InChI=1S/C19H19ClN4O3/c20-14-5-3-13(4-6-14)15-10-16(17-2-1-9-27-17)24(22-15)19(26)12-23-8-7-21-18(25)11-23/h1-6,9,16H,7-8,10-12H2,(H,21,25)/p+1/t16-/m1/s1. The van der Waals surface area contributed by atoms with E-state index >= 15 is 0 Å². The van der Waals surface area contributed by atoms with E-state index in [0.717, 1.165) is 22.7 Å². The molecule has 140 valence electrons. The van der Waals surface area contributed by atoms with Gasteiger partial charge in [0.15, 0.2) is 13.1 Å². The number of hydrogen-bond donors (Lipinski definition) is 2. The van der Waals surface area contributed by atoms with Crippen LogP contribution in [0.4, 0.5) is 0 Å². The summed E-state index contributed by atoms with van der Waals surface area (Å²) in [5, 5.41) is 9.53. The molecule has 8 heteroatoms. The first-order valence-electron chi connectivity index (χ1n) is 8.89. The van der Waals surface area contributed by atoms with Crippen molar-refractivity contribution in [2.75, 3.05) is 26.2 Å². The number of quaternary nitrogens is 1. The summed E-state index contributed by atoms with van der Waals surface area (Å²) in [7, 11) is 0. The quantitative estimate of drug-likeness (QED) is 0.807. The predicted octanol–water partition coefficient (Wildman–Crippen LogP) is 0.625. The van der Waals surface area contributed by atoms with Crippen molar-refractivity contribution in [2.24, 2.45) is 5.10 Å². The first-order chi connectivity index (χ1) is 13.1. The maximum absolute atomic E-state index is 13.0. The molecule has 1 saturated heterocycles. The van der Waals surface area contributed by atoms with Gasteiger partial charge < -0.3 is 14.6 Å². The van der Waals surface area contributed by atoms with E-state index in [0.29, 0.717) is 30.3 Å². The van der Waals surface area contributed by atoms with Crippen LogP contribution in [-0.2, 0) is 9.59 Å². The Morgan fingerprint density at radius 3 is 2.85 bits per heavy atom. The van der Waals surface area contributed by atoms with E-state index in [1.54, 1.807) is 12.3 Å². The first kappa shape index (κ1) is 17.8. The minimum absolute atomic E-state index is 0.0292. The number of hydrogen-bond acceptors (Lipinski definition) is 4. The third-order valence-corrected chi connectivity index (χ3v) is 5.08. The molecule has 2 aliphatic heterocycles. The summed E-state index contributed by atoms with van der Waals surface area (Å²) >= 11 is 5.97. The van der Waals surface area contributed by atoms with Crippen molar-refractivity contribution >= 4 is 29.1 Å². The molecule has 27 heavy (non-hydrogen) atoms. The van der Waals surface area contributed by atoms with Crippen LogP contribution in [0.2, 0.25) is 5.02 Å². The molecule has 0 saturated carbocycles. The van der Waals surface area contributed by atoms with Crippen LogP contribution < -0.4 is 10.2 Å². The van der Waals surface area contributed by atoms with Crippen molar-refractivity contribution in [1.82, 2.24) is 10.3 Å². The van der Waals surface area contributed by atoms with Crippen LogP contribution in [0, 0.1) is 0 Å². The van der Waals surface area contributed by atoms with Crippen molar-refractivity contribution in [1.29, 1.82) is 0 Å². The maximum atomic E-state index is 13.0. The van der Waals surface area contributed by atoms with Gasteiger partial charge in [0.2, 0.25) is 0 Å². The molecular formula is C19H20ClN4O3+. The van der Waals surface area contributed by atoms with Gasteiger partial charge in [0.05, 0.1) is 25.1 Å². The Morgan fingerprint density at radius 2 is 2.15 bits per heavy atom. The lowest BCUT2D eigenvalue weighted by molar-refractivity contribution is -0.885. The Kier molecular flexibility index (Phi) is 4.96. The Balaban J connectivity index is 1.56. The Bertz CT molecular complexity index is 864. The third kappa shape index (κ3) is 3.89. The number of nitrogens with one attached hydrogen (secondary N) is 2. The number of rotatable bonds is 4. The lowest BCUT2D eigenvalue weighted by atomic mass is 10.0. The van der Waals surface area contributed by atoms with Crippen molar-refractivity contribution in [2.45, 2.75) is 12.5 Å². The second kappa shape index (κ2) is 7.54. The average Bonchev–Trinajstić information content (AvgIpc) is 3.32. The number of benzene rings is 1. The van der Waals surface area contributed by atoms with Gasteiger partial charge in [-0.25, -0.2) is 5.01 Å². The fourth-order valence-electron chi connectivity index (χ4n) is 3.46. The smallest absolute Gasteiger partial charge is 0.298 e. The summed E-state index contributed by atoms with van der Waals surface area (Å²) in [6, 6.07) is 10.8. The second-order valence-electron chi connectivity index (χ2n) is 6.73. The molecule has 1 aromatic carbocycles. The molecule has 7 nitrogen and oxygen atoms in total. The maximum Gasteiger partial charge on any atom is 0.298 e. The highest BCUT2D eigenvalue weighted by molar-refractivity contribution is 6.30. The molecule has 0 aliphatic carbocycles. The molecule has 0 spiro atoms. The van der Waals surface area contributed by atoms with Crippen molar-refractivity contribution in [3.05, 3.63) is 59.0 Å². The van der Waals surface area contributed by atoms with E-state index in [1.807, 2.05) is 30.3 Å². The molecule has 4 rings (SSSR count). The van der Waals surface area contributed by atoms with Crippen molar-refractivity contribution in [3.8, 4) is 0 Å². The Morgan fingerprint density at radius 1 is 1.33 bits per heavy atom. The largest absolute Gasteiger partial charge is 0.467 e. The molecule has 1 unspecified atom stereocenters. The highest BCUT2D eigenvalue weighted by atomic mass is 35.5. The van der Waals surface area contributed by atoms with E-state index in [-0.39, 0.29) is 24.4 Å². The molecule has 0 radical (unpaired) electrons. The van der Waals surface area contributed by atoms with E-state index in [1.165, 1.54) is 5.01 Å². The number of nitrogens with zero attached hydrogens (tertiary/aromatic N) is 2. The number of amides is 2. The number of carbonyl (C=O) groups excluding carboxylic acids is 2. The lowest BCUT2D eigenvalue weighted by Gasteiger charge is -2.26. The highest BCUT2D eigenvalue weighted by Crippen LogP contribution is 2.33. The monoisotopic (exact) mass is 387 g/mol. The first-order valence-corrected chi connectivity index (χ1v) is 9.27. The van der Waals surface area contributed by atoms with Crippen molar-refractivity contribution in [3.63, 3.8) is 0 Å². The molecule has 2 aromatic rings. The van der Waals surface area contributed by atoms with Crippen LogP contribution in [0.15, 0.2) is 52.2 Å². The van der Waals surface area contributed by atoms with Gasteiger partial charge in [-0.05, 0) is 29.8 Å². The molecule has 2 N–H and O–H groups in total. The van der Waals surface area contributed by atoms with E-state index in [2.05, 4.69) is 10.4 Å². The van der Waals surface area contributed by atoms with Crippen LogP contribution in [0.25, 0.3) is 0 Å². The van der Waals surface area contributed by atoms with E-state index in [9.17, 15) is 9.59 Å². The van der Waals surface area contributed by atoms with Gasteiger partial charge in [-0.3, -0.25) is 9.59 Å². The van der Waals surface area contributed by atoms with Crippen LogP contribution in [0.5, 0.6) is 0 Å². The summed E-state index contributed by atoms with van der Waals surface area (Å²) in [6.07, 6.45) is 2.16. The summed E-state index contributed by atoms with van der Waals surface area (Å²) in [5.41, 5.74) is 1.74. The van der Waals surface area contributed by atoms with Gasteiger partial charge in [-0.2, -0.15) is 5.10 Å². The number of furan rings is 1. The third-order valence-electron chi connectivity index (χ3n) is 4.83. The average molecular weight is 388 g/mol. The molecular weight excluding hydrogens is 368 g/mol. The predicted molar refractivity (Wildman–Crippen MR) is 99.5 cm³/mol. The number of halogens is 1. The van der Waals surface area contributed by atoms with E-state index < -0.39 is 0 Å². The van der Waals surface area contributed by atoms with Crippen LogP contribution in [0.1, 0.15) is 23.8 Å². The molecule has 0 bridgehead atoms. The molecule has 1 fully saturated rings. The molecule has 2 aliphatic rings. The van der Waals surface area contributed by atoms with Gasteiger partial charge in [0, 0.05) is 11.4 Å². The van der Waals surface area contributed by atoms with Gasteiger partial charge in [-0.1, -0.05) is 23.7 Å². The van der Waals surface area contributed by atoms with Gasteiger partial charge in [-0.15, -0.1) is 0 Å². The van der Waals surface area contributed by atoms with Crippen LogP contribution in [0.3, 0.4) is 0 Å². The number of hydrazone groups is 1. The van der Waals surface area contributed by atoms with Gasteiger partial charge in [0.25, 0.3) is 11.8 Å². The minimum Gasteiger partial charge on any atom is -0.467 e. The molecule has 1 aromatic heterocycles. The topological polar surface area (TPSA) is 79.3 Å². The highest BCUT2D eigenvalue weighted by Gasteiger charge is 2.36. The summed E-state index contributed by atoms with van der Waals surface area (Å²) in [5.74, 6) is 0.547. The fourth-order valence-corrected chi connectivity index (χ4v) is 3.59. The zero-order valence-electron chi connectivity index (χ0n) is 14.7. The SMILES string of the molecule is O=C1C[NH+](CC(=O)N2N=C(c3ccc(Cl)cc3)C[C@@H]2c2ccco2)CCN1.